The van der Waals surface area contributed by atoms with Crippen molar-refractivity contribution in [1.82, 2.24) is 10.2 Å². The summed E-state index contributed by atoms with van der Waals surface area (Å²) in [5.41, 5.74) is 1.18. The Balaban J connectivity index is 1.88. The smallest absolute Gasteiger partial charge is 0.193 e. The normalized spacial score (nSPS) is 18.9. The molecule has 5 nitrogen and oxygen atoms in total. The molecule has 0 aliphatic carbocycles. The van der Waals surface area contributed by atoms with Gasteiger partial charge >= 0.3 is 0 Å². The van der Waals surface area contributed by atoms with E-state index in [9.17, 15) is 0 Å². The van der Waals surface area contributed by atoms with E-state index in [0.29, 0.717) is 5.92 Å². The fourth-order valence-electron chi connectivity index (χ4n) is 2.69. The molecule has 2 rings (SSSR count). The molecule has 1 aliphatic heterocycles. The Morgan fingerprint density at radius 1 is 1.43 bits per heavy atom. The Bertz CT molecular complexity index is 476. The molecule has 5 heteroatoms. The van der Waals surface area contributed by atoms with Crippen molar-refractivity contribution in [3.63, 3.8) is 0 Å². The zero-order valence-corrected chi connectivity index (χ0v) is 13.1. The highest BCUT2D eigenvalue weighted by Gasteiger charge is 2.24. The molecule has 1 aromatic carbocycles. The van der Waals surface area contributed by atoms with Gasteiger partial charge in [-0.2, -0.15) is 0 Å². The van der Waals surface area contributed by atoms with Crippen molar-refractivity contribution in [2.24, 2.45) is 10.9 Å². The second-order valence-corrected chi connectivity index (χ2v) is 5.31. The highest BCUT2D eigenvalue weighted by atomic mass is 16.5. The number of nitrogens with one attached hydrogen (secondary N) is 1. The lowest BCUT2D eigenvalue weighted by atomic mass is 10.1. The maximum Gasteiger partial charge on any atom is 0.193 e. The second-order valence-electron chi connectivity index (χ2n) is 5.31. The fraction of sp³-hybridized carbons (Fsp3) is 0.562. The summed E-state index contributed by atoms with van der Waals surface area (Å²) >= 11 is 0. The summed E-state index contributed by atoms with van der Waals surface area (Å²) in [6, 6.07) is 8.08. The van der Waals surface area contributed by atoms with E-state index in [1.807, 2.05) is 25.2 Å². The molecule has 0 radical (unpaired) electrons. The molecule has 116 valence electrons. The van der Waals surface area contributed by atoms with Crippen molar-refractivity contribution in [2.45, 2.75) is 13.0 Å². The molecule has 1 fully saturated rings. The first-order valence-electron chi connectivity index (χ1n) is 7.34. The van der Waals surface area contributed by atoms with Crippen molar-refractivity contribution in [1.29, 1.82) is 0 Å². The number of likely N-dealkylation sites (tertiary alicyclic amines) is 1. The Hall–Kier alpha value is -1.75. The lowest BCUT2D eigenvalue weighted by molar-refractivity contribution is 0.157. The zero-order valence-electron chi connectivity index (χ0n) is 13.1. The van der Waals surface area contributed by atoms with Gasteiger partial charge in [-0.1, -0.05) is 12.1 Å². The number of rotatable bonds is 5. The molecule has 0 bridgehead atoms. The number of methoxy groups -OCH3 is 2. The fourth-order valence-corrected chi connectivity index (χ4v) is 2.69. The third-order valence-corrected chi connectivity index (χ3v) is 3.78. The van der Waals surface area contributed by atoms with Crippen LogP contribution in [0.3, 0.4) is 0 Å². The number of nitrogens with zero attached hydrogens (tertiary/aromatic N) is 2. The minimum absolute atomic E-state index is 0.602. The van der Waals surface area contributed by atoms with Gasteiger partial charge in [-0.05, 0) is 24.1 Å². The Labute approximate surface area is 127 Å². The van der Waals surface area contributed by atoms with E-state index < -0.39 is 0 Å². The Kier molecular flexibility index (Phi) is 5.87. The van der Waals surface area contributed by atoms with E-state index in [-0.39, 0.29) is 0 Å². The quantitative estimate of drug-likeness (QED) is 0.663. The minimum atomic E-state index is 0.602. The van der Waals surface area contributed by atoms with Gasteiger partial charge in [-0.15, -0.1) is 0 Å². The van der Waals surface area contributed by atoms with Gasteiger partial charge in [0.2, 0.25) is 0 Å². The van der Waals surface area contributed by atoms with Gasteiger partial charge in [-0.3, -0.25) is 4.99 Å². The molecular formula is C16H25N3O2. The first kappa shape index (κ1) is 15.6. The van der Waals surface area contributed by atoms with Gasteiger partial charge in [0.05, 0.1) is 13.7 Å². The third kappa shape index (κ3) is 4.36. The summed E-state index contributed by atoms with van der Waals surface area (Å²) in [5.74, 6) is 2.44. The Morgan fingerprint density at radius 2 is 2.29 bits per heavy atom. The lowest BCUT2D eigenvalue weighted by Crippen LogP contribution is -2.39. The molecule has 1 aromatic rings. The van der Waals surface area contributed by atoms with E-state index in [1.165, 1.54) is 5.56 Å². The molecule has 1 N–H and O–H groups in total. The first-order valence-corrected chi connectivity index (χ1v) is 7.34. The molecule has 21 heavy (non-hydrogen) atoms. The van der Waals surface area contributed by atoms with Crippen LogP contribution in [0.5, 0.6) is 5.75 Å². The van der Waals surface area contributed by atoms with Crippen LogP contribution in [-0.4, -0.2) is 51.8 Å². The number of benzene rings is 1. The van der Waals surface area contributed by atoms with Crippen LogP contribution in [0.2, 0.25) is 0 Å². The largest absolute Gasteiger partial charge is 0.497 e. The van der Waals surface area contributed by atoms with Crippen LogP contribution in [0.25, 0.3) is 0 Å². The molecule has 1 atom stereocenters. The van der Waals surface area contributed by atoms with Gasteiger partial charge in [0, 0.05) is 39.7 Å². The number of hydrogen-bond acceptors (Lipinski definition) is 3. The first-order chi connectivity index (χ1) is 10.3. The summed E-state index contributed by atoms with van der Waals surface area (Å²) in [5, 5.41) is 3.42. The van der Waals surface area contributed by atoms with Gasteiger partial charge in [-0.25, -0.2) is 0 Å². The third-order valence-electron chi connectivity index (χ3n) is 3.78. The highest BCUT2D eigenvalue weighted by Crippen LogP contribution is 2.17. The molecule has 1 heterocycles. The molecule has 0 saturated carbocycles. The van der Waals surface area contributed by atoms with Crippen molar-refractivity contribution in [3.8, 4) is 5.75 Å². The summed E-state index contributed by atoms with van der Waals surface area (Å²) in [4.78, 5) is 6.68. The highest BCUT2D eigenvalue weighted by molar-refractivity contribution is 5.80. The van der Waals surface area contributed by atoms with Crippen LogP contribution >= 0.6 is 0 Å². The van der Waals surface area contributed by atoms with Crippen molar-refractivity contribution in [3.05, 3.63) is 29.8 Å². The van der Waals surface area contributed by atoms with E-state index in [2.05, 4.69) is 21.3 Å². The molecule has 1 aliphatic rings. The van der Waals surface area contributed by atoms with E-state index in [0.717, 1.165) is 44.4 Å². The van der Waals surface area contributed by atoms with Gasteiger partial charge in [0.25, 0.3) is 0 Å². The van der Waals surface area contributed by atoms with Crippen LogP contribution in [0.1, 0.15) is 12.0 Å². The molecule has 0 spiro atoms. The minimum Gasteiger partial charge on any atom is -0.497 e. The van der Waals surface area contributed by atoms with Crippen LogP contribution in [0.15, 0.2) is 29.3 Å². The average molecular weight is 291 g/mol. The number of guanidine groups is 1. The van der Waals surface area contributed by atoms with Crippen LogP contribution in [0, 0.1) is 5.92 Å². The summed E-state index contributed by atoms with van der Waals surface area (Å²) in [7, 11) is 5.28. The predicted octanol–water partition coefficient (Wildman–Crippen LogP) is 1.74. The molecule has 0 aromatic heterocycles. The standard InChI is InChI=1S/C16H25N3O2/c1-17-16(19-8-7-14(11-19)12-20-2)18-10-13-5-4-6-15(9-13)21-3/h4-6,9,14H,7-8,10-12H2,1-3H3,(H,17,18). The van der Waals surface area contributed by atoms with Crippen molar-refractivity contribution in [2.75, 3.05) is 41.0 Å². The molecule has 1 unspecified atom stereocenters. The number of hydrogen-bond donors (Lipinski definition) is 1. The SMILES string of the molecule is CN=C(NCc1cccc(OC)c1)N1CCC(COC)C1. The number of ether oxygens (including phenoxy) is 2. The maximum atomic E-state index is 5.25. The molecular weight excluding hydrogens is 266 g/mol. The second kappa shape index (κ2) is 7.88. The van der Waals surface area contributed by atoms with Gasteiger partial charge in [0.15, 0.2) is 5.96 Å². The van der Waals surface area contributed by atoms with E-state index in [1.54, 1.807) is 14.2 Å². The van der Waals surface area contributed by atoms with Gasteiger partial charge < -0.3 is 19.7 Å². The van der Waals surface area contributed by atoms with E-state index in [4.69, 9.17) is 9.47 Å². The summed E-state index contributed by atoms with van der Waals surface area (Å²) < 4.78 is 10.5. The molecule has 0 amide bonds. The maximum absolute atomic E-state index is 5.25. The van der Waals surface area contributed by atoms with E-state index >= 15 is 0 Å². The summed E-state index contributed by atoms with van der Waals surface area (Å²) in [6.07, 6.45) is 1.16. The van der Waals surface area contributed by atoms with Crippen molar-refractivity contribution >= 4 is 5.96 Å². The lowest BCUT2D eigenvalue weighted by Gasteiger charge is -2.21. The monoisotopic (exact) mass is 291 g/mol. The van der Waals surface area contributed by atoms with Crippen LogP contribution in [-0.2, 0) is 11.3 Å². The topological polar surface area (TPSA) is 46.1 Å². The average Bonchev–Trinajstić information content (AvgIpc) is 2.97. The number of aliphatic imine (C=N–C) groups is 1. The van der Waals surface area contributed by atoms with Crippen LogP contribution < -0.4 is 10.1 Å². The zero-order chi connectivity index (χ0) is 15.1. The van der Waals surface area contributed by atoms with Crippen molar-refractivity contribution < 1.29 is 9.47 Å². The predicted molar refractivity (Wildman–Crippen MR) is 84.7 cm³/mol. The summed E-state index contributed by atoms with van der Waals surface area (Å²) in [6.45, 7) is 3.61. The van der Waals surface area contributed by atoms with Crippen LogP contribution in [0.4, 0.5) is 0 Å². The van der Waals surface area contributed by atoms with Gasteiger partial charge in [0.1, 0.15) is 5.75 Å². The molecule has 1 saturated heterocycles. The Morgan fingerprint density at radius 3 is 3.00 bits per heavy atom.